The number of benzene rings is 1. The molecule has 0 bridgehead atoms. The van der Waals surface area contributed by atoms with Gasteiger partial charge in [-0.3, -0.25) is 4.90 Å². The Morgan fingerprint density at radius 1 is 1.30 bits per heavy atom. The van der Waals surface area contributed by atoms with Crippen molar-refractivity contribution in [2.45, 2.75) is 19.4 Å². The van der Waals surface area contributed by atoms with Gasteiger partial charge in [0.15, 0.2) is 0 Å². The van der Waals surface area contributed by atoms with E-state index in [9.17, 15) is 5.11 Å². The molecule has 108 valence electrons. The summed E-state index contributed by atoms with van der Waals surface area (Å²) in [6.07, 6.45) is 2.56. The molecule has 4 heteroatoms. The van der Waals surface area contributed by atoms with Gasteiger partial charge in [-0.1, -0.05) is 13.0 Å². The van der Waals surface area contributed by atoms with Crippen molar-refractivity contribution >= 4 is 10.9 Å². The number of aliphatic hydroxyl groups is 1. The zero-order valence-electron chi connectivity index (χ0n) is 12.0. The topological polar surface area (TPSA) is 51.3 Å². The fourth-order valence-electron chi connectivity index (χ4n) is 2.92. The van der Waals surface area contributed by atoms with Crippen molar-refractivity contribution in [3.63, 3.8) is 0 Å². The first-order chi connectivity index (χ1) is 9.78. The molecule has 1 aliphatic rings. The first-order valence-corrected chi connectivity index (χ1v) is 7.49. The molecule has 1 unspecified atom stereocenters. The average molecular weight is 273 g/mol. The number of rotatable bonds is 4. The molecule has 1 aliphatic heterocycles. The van der Waals surface area contributed by atoms with Crippen LogP contribution in [0.25, 0.3) is 10.9 Å². The van der Waals surface area contributed by atoms with E-state index in [0.717, 1.165) is 49.1 Å². The second-order valence-corrected chi connectivity index (χ2v) is 5.54. The van der Waals surface area contributed by atoms with Crippen LogP contribution in [0, 0.1) is 0 Å². The predicted octanol–water partition coefficient (Wildman–Crippen LogP) is 1.67. The molecule has 0 aliphatic carbocycles. The number of nitrogens with zero attached hydrogens (tertiary/aromatic N) is 1. The Morgan fingerprint density at radius 2 is 2.10 bits per heavy atom. The lowest BCUT2D eigenvalue weighted by Gasteiger charge is -2.29. The molecule has 2 heterocycles. The van der Waals surface area contributed by atoms with Crippen LogP contribution in [0.3, 0.4) is 0 Å². The van der Waals surface area contributed by atoms with Gasteiger partial charge in [0.25, 0.3) is 0 Å². The molecule has 1 aromatic carbocycles. The standard InChI is InChI=1S/C16H23N3O/c1-2-12-3-4-15-13(9-12)14(10-18-15)16(20)11-19-7-5-17-6-8-19/h3-4,9-10,16-18,20H,2,5-8,11H2,1H3. The van der Waals surface area contributed by atoms with Crippen LogP contribution in [0.2, 0.25) is 0 Å². The van der Waals surface area contributed by atoms with Gasteiger partial charge in [-0.05, 0) is 24.1 Å². The number of H-pyrrole nitrogens is 1. The molecule has 3 rings (SSSR count). The maximum Gasteiger partial charge on any atom is 0.0937 e. The van der Waals surface area contributed by atoms with Crippen molar-refractivity contribution in [3.8, 4) is 0 Å². The van der Waals surface area contributed by atoms with E-state index < -0.39 is 6.10 Å². The molecule has 20 heavy (non-hydrogen) atoms. The van der Waals surface area contributed by atoms with E-state index in [1.165, 1.54) is 5.56 Å². The molecular formula is C16H23N3O. The first kappa shape index (κ1) is 13.6. The Bertz CT molecular complexity index is 572. The van der Waals surface area contributed by atoms with E-state index in [-0.39, 0.29) is 0 Å². The highest BCUT2D eigenvalue weighted by Gasteiger charge is 2.18. The third-order valence-corrected chi connectivity index (χ3v) is 4.19. The summed E-state index contributed by atoms with van der Waals surface area (Å²) in [6.45, 7) is 6.93. The fourth-order valence-corrected chi connectivity index (χ4v) is 2.92. The number of nitrogens with one attached hydrogen (secondary N) is 2. The lowest BCUT2D eigenvalue weighted by atomic mass is 10.0. The van der Waals surface area contributed by atoms with Gasteiger partial charge in [0.05, 0.1) is 6.10 Å². The number of hydrogen-bond acceptors (Lipinski definition) is 3. The van der Waals surface area contributed by atoms with Crippen LogP contribution in [0.4, 0.5) is 0 Å². The summed E-state index contributed by atoms with van der Waals surface area (Å²) in [4.78, 5) is 5.59. The molecule has 4 nitrogen and oxygen atoms in total. The molecular weight excluding hydrogens is 250 g/mol. The number of aryl methyl sites for hydroxylation is 1. The number of aromatic nitrogens is 1. The van der Waals surface area contributed by atoms with Crippen molar-refractivity contribution in [1.29, 1.82) is 0 Å². The minimum atomic E-state index is -0.422. The zero-order chi connectivity index (χ0) is 13.9. The van der Waals surface area contributed by atoms with Gasteiger partial charge in [0.1, 0.15) is 0 Å². The largest absolute Gasteiger partial charge is 0.387 e. The Labute approximate surface area is 119 Å². The van der Waals surface area contributed by atoms with E-state index in [2.05, 4.69) is 40.3 Å². The SMILES string of the molecule is CCc1ccc2[nH]cc(C(O)CN3CCNCC3)c2c1. The third kappa shape index (κ3) is 2.73. The normalized spacial score (nSPS) is 18.5. The summed E-state index contributed by atoms with van der Waals surface area (Å²) >= 11 is 0. The zero-order valence-corrected chi connectivity index (χ0v) is 12.0. The molecule has 0 saturated carbocycles. The summed E-state index contributed by atoms with van der Waals surface area (Å²) in [5.74, 6) is 0. The summed E-state index contributed by atoms with van der Waals surface area (Å²) in [7, 11) is 0. The second-order valence-electron chi connectivity index (χ2n) is 5.54. The number of aliphatic hydroxyl groups excluding tert-OH is 1. The van der Waals surface area contributed by atoms with Crippen LogP contribution in [0.5, 0.6) is 0 Å². The molecule has 2 aromatic rings. The van der Waals surface area contributed by atoms with E-state index in [0.29, 0.717) is 6.54 Å². The van der Waals surface area contributed by atoms with Crippen LogP contribution in [0.1, 0.15) is 24.2 Å². The molecule has 1 atom stereocenters. The van der Waals surface area contributed by atoms with Crippen LogP contribution >= 0.6 is 0 Å². The highest BCUT2D eigenvalue weighted by molar-refractivity contribution is 5.84. The van der Waals surface area contributed by atoms with E-state index >= 15 is 0 Å². The van der Waals surface area contributed by atoms with Gasteiger partial charge in [0.2, 0.25) is 0 Å². The van der Waals surface area contributed by atoms with Crippen LogP contribution in [-0.2, 0) is 6.42 Å². The molecule has 1 aromatic heterocycles. The van der Waals surface area contributed by atoms with E-state index in [1.807, 2.05) is 6.20 Å². The van der Waals surface area contributed by atoms with Crippen LogP contribution in [-0.4, -0.2) is 47.7 Å². The number of piperazine rings is 1. The van der Waals surface area contributed by atoms with Crippen LogP contribution in [0.15, 0.2) is 24.4 Å². The quantitative estimate of drug-likeness (QED) is 0.794. The highest BCUT2D eigenvalue weighted by atomic mass is 16.3. The highest BCUT2D eigenvalue weighted by Crippen LogP contribution is 2.26. The maximum atomic E-state index is 10.5. The summed E-state index contributed by atoms with van der Waals surface area (Å²) < 4.78 is 0. The minimum Gasteiger partial charge on any atom is -0.387 e. The number of fused-ring (bicyclic) bond motifs is 1. The lowest BCUT2D eigenvalue weighted by molar-refractivity contribution is 0.106. The van der Waals surface area contributed by atoms with Gasteiger partial charge in [-0.15, -0.1) is 0 Å². The summed E-state index contributed by atoms with van der Waals surface area (Å²) in [5.41, 5.74) is 3.44. The Balaban J connectivity index is 1.81. The third-order valence-electron chi connectivity index (χ3n) is 4.19. The van der Waals surface area contributed by atoms with Crippen molar-refractivity contribution in [3.05, 3.63) is 35.5 Å². The smallest absolute Gasteiger partial charge is 0.0937 e. The van der Waals surface area contributed by atoms with Gasteiger partial charge in [-0.2, -0.15) is 0 Å². The maximum absolute atomic E-state index is 10.5. The van der Waals surface area contributed by atoms with E-state index in [1.54, 1.807) is 0 Å². The van der Waals surface area contributed by atoms with Gasteiger partial charge >= 0.3 is 0 Å². The molecule has 0 amide bonds. The number of β-amino-alcohol motifs (C(OH)–C–C–N with tert-alkyl or cyclic N) is 1. The monoisotopic (exact) mass is 273 g/mol. The minimum absolute atomic E-state index is 0.422. The Hall–Kier alpha value is -1.36. The molecule has 1 fully saturated rings. The second kappa shape index (κ2) is 5.95. The number of hydrogen-bond donors (Lipinski definition) is 3. The van der Waals surface area contributed by atoms with Crippen molar-refractivity contribution in [1.82, 2.24) is 15.2 Å². The Kier molecular flexibility index (Phi) is 4.05. The first-order valence-electron chi connectivity index (χ1n) is 7.49. The van der Waals surface area contributed by atoms with Gasteiger partial charge < -0.3 is 15.4 Å². The molecule has 3 N–H and O–H groups in total. The molecule has 1 saturated heterocycles. The molecule has 0 radical (unpaired) electrons. The van der Waals surface area contributed by atoms with Crippen molar-refractivity contribution in [2.75, 3.05) is 32.7 Å². The summed E-state index contributed by atoms with van der Waals surface area (Å²) in [5, 5.41) is 15.0. The molecule has 0 spiro atoms. The lowest BCUT2D eigenvalue weighted by Crippen LogP contribution is -2.44. The average Bonchev–Trinajstić information content (AvgIpc) is 2.91. The van der Waals surface area contributed by atoms with Gasteiger partial charge in [0, 0.05) is 55.4 Å². The van der Waals surface area contributed by atoms with E-state index in [4.69, 9.17) is 0 Å². The van der Waals surface area contributed by atoms with Crippen molar-refractivity contribution < 1.29 is 5.11 Å². The number of aromatic amines is 1. The Morgan fingerprint density at radius 3 is 2.85 bits per heavy atom. The fraction of sp³-hybridized carbons (Fsp3) is 0.500. The van der Waals surface area contributed by atoms with Crippen LogP contribution < -0.4 is 5.32 Å². The van der Waals surface area contributed by atoms with Crippen molar-refractivity contribution in [2.24, 2.45) is 0 Å². The summed E-state index contributed by atoms with van der Waals surface area (Å²) in [6, 6.07) is 6.45. The predicted molar refractivity (Wildman–Crippen MR) is 81.9 cm³/mol. The van der Waals surface area contributed by atoms with Gasteiger partial charge in [-0.25, -0.2) is 0 Å².